The van der Waals surface area contributed by atoms with Crippen molar-refractivity contribution in [2.45, 2.75) is 32.1 Å². The first-order valence-corrected chi connectivity index (χ1v) is 7.27. The molecule has 1 saturated carbocycles. The van der Waals surface area contributed by atoms with Gasteiger partial charge in [0.2, 0.25) is 0 Å². The van der Waals surface area contributed by atoms with Crippen LogP contribution in [0.1, 0.15) is 38.1 Å². The highest BCUT2D eigenvalue weighted by Gasteiger charge is 2.48. The number of rotatable bonds is 4. The van der Waals surface area contributed by atoms with E-state index in [-0.39, 0.29) is 11.0 Å². The molecule has 0 radical (unpaired) electrons. The Morgan fingerprint density at radius 2 is 2.24 bits per heavy atom. The molecule has 0 atom stereocenters. The maximum atomic E-state index is 11.9. The first kappa shape index (κ1) is 13.9. The smallest absolute Gasteiger partial charge is 0.250 e. The van der Waals surface area contributed by atoms with Gasteiger partial charge in [0.25, 0.3) is 5.56 Å². The molecule has 0 unspecified atom stereocenters. The van der Waals surface area contributed by atoms with Crippen LogP contribution >= 0.6 is 0 Å². The summed E-state index contributed by atoms with van der Waals surface area (Å²) in [5, 5.41) is 8.28. The predicted molar refractivity (Wildman–Crippen MR) is 78.4 cm³/mol. The van der Waals surface area contributed by atoms with E-state index >= 15 is 0 Å². The maximum Gasteiger partial charge on any atom is 0.250 e. The van der Waals surface area contributed by atoms with Crippen molar-refractivity contribution in [3.63, 3.8) is 0 Å². The van der Waals surface area contributed by atoms with Gasteiger partial charge in [0.1, 0.15) is 12.2 Å². The summed E-state index contributed by atoms with van der Waals surface area (Å²) >= 11 is 0. The Bertz CT molecular complexity index is 698. The van der Waals surface area contributed by atoms with Gasteiger partial charge in [-0.1, -0.05) is 6.92 Å². The fourth-order valence-electron chi connectivity index (χ4n) is 3.42. The van der Waals surface area contributed by atoms with Crippen LogP contribution in [0.25, 0.3) is 0 Å². The van der Waals surface area contributed by atoms with Crippen molar-refractivity contribution in [2.24, 2.45) is 13.0 Å². The van der Waals surface area contributed by atoms with Crippen LogP contribution in [-0.2, 0) is 12.5 Å². The molecule has 2 aromatic rings. The molecule has 0 aromatic carbocycles. The van der Waals surface area contributed by atoms with Crippen molar-refractivity contribution in [1.29, 1.82) is 0 Å². The van der Waals surface area contributed by atoms with E-state index in [1.54, 1.807) is 12.4 Å². The Labute approximate surface area is 123 Å². The van der Waals surface area contributed by atoms with Crippen LogP contribution in [0.15, 0.2) is 23.3 Å². The van der Waals surface area contributed by atoms with E-state index in [1.807, 2.05) is 24.6 Å². The number of nitrogens with one attached hydrogen (secondary N) is 1. The summed E-state index contributed by atoms with van der Waals surface area (Å²) in [7, 11) is 1.94. The normalized spacial score (nSPS) is 24.6. The fraction of sp³-hybridized carbons (Fsp3) is 0.533. The number of aromatic amines is 1. The topological polar surface area (TPSA) is 72.8 Å². The van der Waals surface area contributed by atoms with Crippen molar-refractivity contribution in [1.82, 2.24) is 19.7 Å². The summed E-state index contributed by atoms with van der Waals surface area (Å²) < 4.78 is 7.41. The quantitative estimate of drug-likeness (QED) is 0.928. The summed E-state index contributed by atoms with van der Waals surface area (Å²) in [6.45, 7) is 4.63. The first-order valence-electron chi connectivity index (χ1n) is 7.27. The second-order valence-corrected chi connectivity index (χ2v) is 5.89. The molecule has 1 N–H and O–H groups in total. The van der Waals surface area contributed by atoms with Crippen LogP contribution in [0.3, 0.4) is 0 Å². The third-order valence-electron chi connectivity index (χ3n) is 4.21. The van der Waals surface area contributed by atoms with Crippen LogP contribution in [0, 0.1) is 5.92 Å². The summed E-state index contributed by atoms with van der Waals surface area (Å²) in [4.78, 5) is 14.6. The van der Waals surface area contributed by atoms with E-state index in [2.05, 4.69) is 22.1 Å². The lowest BCUT2D eigenvalue weighted by molar-refractivity contribution is 0.184. The van der Waals surface area contributed by atoms with Gasteiger partial charge in [-0.05, 0) is 31.2 Å². The number of nitrogens with zero attached hydrogens (tertiary/aromatic N) is 3. The van der Waals surface area contributed by atoms with Gasteiger partial charge in [-0.15, -0.1) is 10.2 Å². The van der Waals surface area contributed by atoms with Gasteiger partial charge < -0.3 is 9.30 Å². The highest BCUT2D eigenvalue weighted by Crippen LogP contribution is 2.51. The van der Waals surface area contributed by atoms with E-state index in [4.69, 9.17) is 4.74 Å². The summed E-state index contributed by atoms with van der Waals surface area (Å²) in [6.07, 6.45) is 3.64. The predicted octanol–water partition coefficient (Wildman–Crippen LogP) is 1.62. The molecule has 0 aliphatic heterocycles. The zero-order valence-corrected chi connectivity index (χ0v) is 12.6. The molecule has 1 aliphatic carbocycles. The second-order valence-electron chi connectivity index (χ2n) is 5.89. The summed E-state index contributed by atoms with van der Waals surface area (Å²) in [5.41, 5.74) is 0.589. The van der Waals surface area contributed by atoms with Crippen molar-refractivity contribution < 1.29 is 4.74 Å². The van der Waals surface area contributed by atoms with Crippen LogP contribution in [-0.4, -0.2) is 26.4 Å². The summed E-state index contributed by atoms with van der Waals surface area (Å²) in [5.74, 6) is 2.03. The molecular formula is C15H20N4O2. The molecular weight excluding hydrogens is 268 g/mol. The number of aryl methyl sites for hydroxylation is 1. The maximum absolute atomic E-state index is 11.9. The Kier molecular flexibility index (Phi) is 3.31. The zero-order chi connectivity index (χ0) is 15.0. The SMILES string of the molecule is CCOc1cc(C2(c3nncn3C)CC(C)C2)cc(=O)[nH]1. The summed E-state index contributed by atoms with van der Waals surface area (Å²) in [6, 6.07) is 3.58. The molecule has 0 saturated heterocycles. The third-order valence-corrected chi connectivity index (χ3v) is 4.21. The Hall–Kier alpha value is -2.11. The molecule has 0 spiro atoms. The number of hydrogen-bond donors (Lipinski definition) is 1. The monoisotopic (exact) mass is 288 g/mol. The number of aromatic nitrogens is 4. The van der Waals surface area contributed by atoms with Gasteiger partial charge in [-0.3, -0.25) is 9.78 Å². The van der Waals surface area contributed by atoms with Crippen LogP contribution in [0.5, 0.6) is 5.88 Å². The van der Waals surface area contributed by atoms with Gasteiger partial charge in [-0.25, -0.2) is 0 Å². The molecule has 2 heterocycles. The van der Waals surface area contributed by atoms with Gasteiger partial charge in [0.05, 0.1) is 12.0 Å². The lowest BCUT2D eigenvalue weighted by Crippen LogP contribution is -2.43. The molecule has 1 aliphatic rings. The zero-order valence-electron chi connectivity index (χ0n) is 12.6. The highest BCUT2D eigenvalue weighted by atomic mass is 16.5. The minimum Gasteiger partial charge on any atom is -0.479 e. The number of H-pyrrole nitrogens is 1. The van der Waals surface area contributed by atoms with E-state index in [0.29, 0.717) is 18.4 Å². The average molecular weight is 288 g/mol. The Morgan fingerprint density at radius 3 is 2.81 bits per heavy atom. The van der Waals surface area contributed by atoms with Gasteiger partial charge in [0, 0.05) is 19.2 Å². The standard InChI is InChI=1S/C15H20N4O2/c1-4-21-13-6-11(5-12(20)17-13)15(7-10(2)8-15)14-18-16-9-19(14)3/h5-6,9-10H,4,7-8H2,1-3H3,(H,17,20). The van der Waals surface area contributed by atoms with Gasteiger partial charge >= 0.3 is 0 Å². The van der Waals surface area contributed by atoms with E-state index in [9.17, 15) is 4.79 Å². The number of ether oxygens (including phenoxy) is 1. The molecule has 21 heavy (non-hydrogen) atoms. The molecule has 0 bridgehead atoms. The molecule has 6 nitrogen and oxygen atoms in total. The lowest BCUT2D eigenvalue weighted by atomic mass is 9.58. The average Bonchev–Trinajstić information content (AvgIpc) is 2.81. The van der Waals surface area contributed by atoms with Crippen molar-refractivity contribution >= 4 is 0 Å². The molecule has 6 heteroatoms. The van der Waals surface area contributed by atoms with E-state index in [1.165, 1.54) is 0 Å². The lowest BCUT2D eigenvalue weighted by Gasteiger charge is -2.45. The van der Waals surface area contributed by atoms with Crippen LogP contribution in [0.2, 0.25) is 0 Å². The van der Waals surface area contributed by atoms with E-state index in [0.717, 1.165) is 24.2 Å². The second kappa shape index (κ2) is 5.02. The largest absolute Gasteiger partial charge is 0.479 e. The van der Waals surface area contributed by atoms with E-state index < -0.39 is 0 Å². The molecule has 0 amide bonds. The third kappa shape index (κ3) is 2.24. The van der Waals surface area contributed by atoms with Crippen molar-refractivity contribution in [3.8, 4) is 5.88 Å². The van der Waals surface area contributed by atoms with Crippen LogP contribution < -0.4 is 10.3 Å². The molecule has 112 valence electrons. The Morgan fingerprint density at radius 1 is 1.48 bits per heavy atom. The molecule has 2 aromatic heterocycles. The number of hydrogen-bond acceptors (Lipinski definition) is 4. The van der Waals surface area contributed by atoms with Crippen LogP contribution in [0.4, 0.5) is 0 Å². The minimum atomic E-state index is -0.231. The highest BCUT2D eigenvalue weighted by molar-refractivity contribution is 5.38. The fourth-order valence-corrected chi connectivity index (χ4v) is 3.42. The van der Waals surface area contributed by atoms with Gasteiger partial charge in [0.15, 0.2) is 5.88 Å². The first-order chi connectivity index (χ1) is 10.0. The van der Waals surface area contributed by atoms with Crippen molar-refractivity contribution in [3.05, 3.63) is 40.2 Å². The Balaban J connectivity index is 2.11. The minimum absolute atomic E-state index is 0.142. The van der Waals surface area contributed by atoms with Crippen molar-refractivity contribution in [2.75, 3.05) is 6.61 Å². The molecule has 1 fully saturated rings. The molecule has 3 rings (SSSR count). The number of pyridine rings is 1. The van der Waals surface area contributed by atoms with Gasteiger partial charge in [-0.2, -0.15) is 0 Å².